The summed E-state index contributed by atoms with van der Waals surface area (Å²) in [6.07, 6.45) is 0. The lowest BCUT2D eigenvalue weighted by atomic mass is 10.0. The molecule has 33 heavy (non-hydrogen) atoms. The van der Waals surface area contributed by atoms with Crippen LogP contribution in [0.1, 0.15) is 34.6 Å². The number of nitrogens with one attached hydrogen (secondary N) is 1. The number of carbonyl (C=O) groups is 1. The van der Waals surface area contributed by atoms with Gasteiger partial charge in [0, 0.05) is 5.56 Å². The van der Waals surface area contributed by atoms with Crippen molar-refractivity contribution >= 4 is 23.5 Å². The molecule has 1 amide bonds. The number of nitrogens with zero attached hydrogens (tertiary/aromatic N) is 2. The van der Waals surface area contributed by atoms with Gasteiger partial charge in [0.15, 0.2) is 0 Å². The molecule has 0 aliphatic carbocycles. The SMILES string of the molecule is Cc1ccccc1-n1nc(C)c2c1NC(=O)[C@@H](C)S[C@H]2c1ccc(Oc2ccccc2)cc1. The lowest BCUT2D eigenvalue weighted by Gasteiger charge is -2.18. The molecule has 0 unspecified atom stereocenters. The van der Waals surface area contributed by atoms with Crippen LogP contribution in [0.2, 0.25) is 0 Å². The van der Waals surface area contributed by atoms with E-state index in [0.717, 1.165) is 45.4 Å². The summed E-state index contributed by atoms with van der Waals surface area (Å²) >= 11 is 1.64. The van der Waals surface area contributed by atoms with Crippen LogP contribution in [0.5, 0.6) is 11.5 Å². The van der Waals surface area contributed by atoms with E-state index >= 15 is 0 Å². The Morgan fingerprint density at radius 2 is 1.58 bits per heavy atom. The maximum absolute atomic E-state index is 12.9. The molecule has 1 aromatic heterocycles. The van der Waals surface area contributed by atoms with E-state index in [2.05, 4.69) is 30.4 Å². The van der Waals surface area contributed by atoms with Crippen LogP contribution in [0.15, 0.2) is 78.9 Å². The van der Waals surface area contributed by atoms with E-state index in [9.17, 15) is 4.79 Å². The highest BCUT2D eigenvalue weighted by molar-refractivity contribution is 8.01. The van der Waals surface area contributed by atoms with Gasteiger partial charge in [-0.25, -0.2) is 4.68 Å². The van der Waals surface area contributed by atoms with Gasteiger partial charge in [-0.1, -0.05) is 48.5 Å². The molecule has 0 radical (unpaired) electrons. The molecule has 0 spiro atoms. The monoisotopic (exact) mass is 455 g/mol. The molecular formula is C27H25N3O2S. The number of carbonyl (C=O) groups excluding carboxylic acids is 1. The van der Waals surface area contributed by atoms with E-state index in [0.29, 0.717) is 0 Å². The molecule has 2 heterocycles. The van der Waals surface area contributed by atoms with E-state index < -0.39 is 0 Å². The van der Waals surface area contributed by atoms with Crippen LogP contribution in [0.3, 0.4) is 0 Å². The van der Waals surface area contributed by atoms with Crippen molar-refractivity contribution in [3.05, 3.63) is 101 Å². The lowest BCUT2D eigenvalue weighted by molar-refractivity contribution is -0.115. The number of aryl methyl sites for hydroxylation is 2. The second kappa shape index (κ2) is 8.79. The van der Waals surface area contributed by atoms with Crippen LogP contribution in [-0.2, 0) is 4.79 Å². The molecule has 0 fully saturated rings. The molecule has 3 aromatic carbocycles. The maximum Gasteiger partial charge on any atom is 0.238 e. The first-order chi connectivity index (χ1) is 16.0. The first-order valence-electron chi connectivity index (χ1n) is 11.0. The van der Waals surface area contributed by atoms with Crippen LogP contribution in [0.25, 0.3) is 5.69 Å². The van der Waals surface area contributed by atoms with Gasteiger partial charge in [-0.15, -0.1) is 11.8 Å². The van der Waals surface area contributed by atoms with Gasteiger partial charge in [0.1, 0.15) is 17.3 Å². The summed E-state index contributed by atoms with van der Waals surface area (Å²) in [4.78, 5) is 12.9. The Morgan fingerprint density at radius 1 is 0.909 bits per heavy atom. The van der Waals surface area contributed by atoms with Gasteiger partial charge in [-0.2, -0.15) is 5.10 Å². The largest absolute Gasteiger partial charge is 0.457 e. The summed E-state index contributed by atoms with van der Waals surface area (Å²) in [5.74, 6) is 2.31. The van der Waals surface area contributed by atoms with Crippen LogP contribution in [0, 0.1) is 13.8 Å². The van der Waals surface area contributed by atoms with Crippen molar-refractivity contribution < 1.29 is 9.53 Å². The van der Waals surface area contributed by atoms with Gasteiger partial charge in [0.05, 0.1) is 21.9 Å². The maximum atomic E-state index is 12.9. The average Bonchev–Trinajstić information content (AvgIpc) is 3.06. The van der Waals surface area contributed by atoms with Crippen LogP contribution in [0.4, 0.5) is 5.82 Å². The van der Waals surface area contributed by atoms with E-state index in [-0.39, 0.29) is 16.4 Å². The van der Waals surface area contributed by atoms with E-state index in [1.165, 1.54) is 0 Å². The quantitative estimate of drug-likeness (QED) is 0.384. The third kappa shape index (κ3) is 4.14. The van der Waals surface area contributed by atoms with Crippen molar-refractivity contribution in [1.82, 2.24) is 9.78 Å². The number of anilines is 1. The van der Waals surface area contributed by atoms with Crippen molar-refractivity contribution in [3.63, 3.8) is 0 Å². The summed E-state index contributed by atoms with van der Waals surface area (Å²) < 4.78 is 7.83. The zero-order chi connectivity index (χ0) is 22.9. The number of hydrogen-bond donors (Lipinski definition) is 1. The van der Waals surface area contributed by atoms with Crippen LogP contribution < -0.4 is 10.1 Å². The standard InChI is InChI=1S/C27H25N3O2S/c1-17-9-7-8-12-23(17)30-26-24(18(2)29-30)25(33-19(3)27(31)28-26)20-13-15-22(16-14-20)32-21-10-5-4-6-11-21/h4-16,19,25H,1-3H3,(H,28,31)/t19-,25+/m1/s1. The molecule has 166 valence electrons. The third-order valence-electron chi connectivity index (χ3n) is 5.83. The highest BCUT2D eigenvalue weighted by Crippen LogP contribution is 2.46. The van der Waals surface area contributed by atoms with Crippen molar-refractivity contribution in [2.75, 3.05) is 5.32 Å². The molecular weight excluding hydrogens is 430 g/mol. The van der Waals surface area contributed by atoms with Crippen molar-refractivity contribution in [1.29, 1.82) is 0 Å². The Kier molecular flexibility index (Phi) is 5.68. The smallest absolute Gasteiger partial charge is 0.238 e. The molecule has 4 aromatic rings. The predicted octanol–water partition coefficient (Wildman–Crippen LogP) is 6.44. The first kappa shape index (κ1) is 21.3. The van der Waals surface area contributed by atoms with E-state index in [1.54, 1.807) is 11.8 Å². The second-order valence-corrected chi connectivity index (χ2v) is 9.63. The Bertz CT molecular complexity index is 1300. The molecule has 5 rings (SSSR count). The number of thioether (sulfide) groups is 1. The molecule has 6 heteroatoms. The topological polar surface area (TPSA) is 56.2 Å². The van der Waals surface area contributed by atoms with Crippen LogP contribution in [-0.4, -0.2) is 20.9 Å². The number of hydrogen-bond acceptors (Lipinski definition) is 4. The predicted molar refractivity (Wildman–Crippen MR) is 134 cm³/mol. The normalized spacial score (nSPS) is 17.7. The molecule has 5 nitrogen and oxygen atoms in total. The summed E-state index contributed by atoms with van der Waals surface area (Å²) in [5.41, 5.74) is 5.12. The number of fused-ring (bicyclic) bond motifs is 1. The number of ether oxygens (including phenoxy) is 1. The molecule has 1 aliphatic heterocycles. The molecule has 0 saturated carbocycles. The number of para-hydroxylation sites is 2. The Balaban J connectivity index is 1.55. The fourth-order valence-electron chi connectivity index (χ4n) is 4.08. The molecule has 0 bridgehead atoms. The van der Waals surface area contributed by atoms with E-state index in [1.807, 2.05) is 79.2 Å². The zero-order valence-corrected chi connectivity index (χ0v) is 19.6. The third-order valence-corrected chi connectivity index (χ3v) is 7.23. The van der Waals surface area contributed by atoms with Gasteiger partial charge >= 0.3 is 0 Å². The minimum atomic E-state index is -0.202. The van der Waals surface area contributed by atoms with Crippen molar-refractivity contribution in [2.24, 2.45) is 0 Å². The Morgan fingerprint density at radius 3 is 2.30 bits per heavy atom. The van der Waals surface area contributed by atoms with Gasteiger partial charge in [0.25, 0.3) is 0 Å². The molecule has 0 saturated heterocycles. The number of amides is 1. The number of aromatic nitrogens is 2. The minimum Gasteiger partial charge on any atom is -0.457 e. The zero-order valence-electron chi connectivity index (χ0n) is 18.8. The summed E-state index contributed by atoms with van der Waals surface area (Å²) in [6, 6.07) is 25.9. The summed E-state index contributed by atoms with van der Waals surface area (Å²) in [7, 11) is 0. The molecule has 1 aliphatic rings. The van der Waals surface area contributed by atoms with E-state index in [4.69, 9.17) is 9.84 Å². The van der Waals surface area contributed by atoms with Gasteiger partial charge in [-0.05, 0) is 62.2 Å². The Labute approximate surface area is 197 Å². The first-order valence-corrected chi connectivity index (χ1v) is 11.9. The van der Waals surface area contributed by atoms with Gasteiger partial charge < -0.3 is 10.1 Å². The number of benzene rings is 3. The molecule has 2 atom stereocenters. The highest BCUT2D eigenvalue weighted by Gasteiger charge is 2.34. The fraction of sp³-hybridized carbons (Fsp3) is 0.185. The van der Waals surface area contributed by atoms with Gasteiger partial charge in [0.2, 0.25) is 5.91 Å². The van der Waals surface area contributed by atoms with Gasteiger partial charge in [-0.3, -0.25) is 4.79 Å². The Hall–Kier alpha value is -3.51. The number of rotatable bonds is 4. The van der Waals surface area contributed by atoms with Crippen molar-refractivity contribution in [2.45, 2.75) is 31.3 Å². The summed E-state index contributed by atoms with van der Waals surface area (Å²) in [6.45, 7) is 6.01. The second-order valence-electron chi connectivity index (χ2n) is 8.18. The average molecular weight is 456 g/mol. The lowest BCUT2D eigenvalue weighted by Crippen LogP contribution is -2.22. The highest BCUT2D eigenvalue weighted by atomic mass is 32.2. The summed E-state index contributed by atoms with van der Waals surface area (Å²) in [5, 5.41) is 7.75. The minimum absolute atomic E-state index is 0.0116. The van der Waals surface area contributed by atoms with Crippen LogP contribution >= 0.6 is 11.8 Å². The fourth-order valence-corrected chi connectivity index (χ4v) is 5.40. The van der Waals surface area contributed by atoms with Crippen molar-refractivity contribution in [3.8, 4) is 17.2 Å². The molecule has 1 N–H and O–H groups in total.